The van der Waals surface area contributed by atoms with Gasteiger partial charge in [0.2, 0.25) is 0 Å². The predicted molar refractivity (Wildman–Crippen MR) is 58.5 cm³/mol. The van der Waals surface area contributed by atoms with E-state index in [1.807, 2.05) is 13.1 Å². The van der Waals surface area contributed by atoms with Crippen molar-refractivity contribution < 1.29 is 0 Å². The minimum Gasteiger partial charge on any atom is -0.249 e. The molecule has 2 aromatic rings. The molecular weight excluding hydrogens is 305 g/mol. The van der Waals surface area contributed by atoms with Crippen LogP contribution in [0, 0.1) is 9.94 Å². The largest absolute Gasteiger partial charge is 0.249 e. The topological polar surface area (TPSA) is 38.7 Å². The van der Waals surface area contributed by atoms with Crippen LogP contribution in [0.4, 0.5) is 0 Å². The average Bonchev–Trinajstić information content (AvgIpc) is 2.58. The van der Waals surface area contributed by atoms with E-state index in [0.717, 1.165) is 17.9 Å². The summed E-state index contributed by atoms with van der Waals surface area (Å²) in [5.74, 6) is 0. The van der Waals surface area contributed by atoms with Crippen LogP contribution in [0.2, 0.25) is 0 Å². The summed E-state index contributed by atoms with van der Waals surface area (Å²) in [7, 11) is 0. The highest BCUT2D eigenvalue weighted by Gasteiger charge is 2.06. The molecule has 2 rings (SSSR count). The second-order valence-electron chi connectivity index (χ2n) is 2.10. The minimum absolute atomic E-state index is 0.963. The lowest BCUT2D eigenvalue weighted by Gasteiger charge is -1.81. The smallest absolute Gasteiger partial charge is 0.178 e. The number of hydrogen-bond acceptors (Lipinski definition) is 5. The van der Waals surface area contributed by atoms with Crippen molar-refractivity contribution in [3.63, 3.8) is 0 Å². The van der Waals surface area contributed by atoms with Gasteiger partial charge in [-0.2, -0.15) is 0 Å². The van der Waals surface area contributed by atoms with E-state index in [2.05, 4.69) is 37.8 Å². The van der Waals surface area contributed by atoms with E-state index >= 15 is 0 Å². The van der Waals surface area contributed by atoms with Crippen molar-refractivity contribution in [2.45, 2.75) is 6.92 Å². The van der Waals surface area contributed by atoms with E-state index in [-0.39, 0.29) is 0 Å². The van der Waals surface area contributed by atoms with Gasteiger partial charge in [0, 0.05) is 6.20 Å². The van der Waals surface area contributed by atoms with Gasteiger partial charge in [0.15, 0.2) is 8.02 Å². The molecule has 2 aromatic heterocycles. The van der Waals surface area contributed by atoms with Crippen LogP contribution in [-0.2, 0) is 0 Å². The fourth-order valence-electron chi connectivity index (χ4n) is 0.765. The molecule has 0 aromatic carbocycles. The van der Waals surface area contributed by atoms with Crippen LogP contribution in [0.25, 0.3) is 9.88 Å². The molecule has 3 nitrogen and oxygen atoms in total. The van der Waals surface area contributed by atoms with Gasteiger partial charge in [-0.25, -0.2) is 4.98 Å². The Morgan fingerprint density at radius 1 is 1.33 bits per heavy atom. The van der Waals surface area contributed by atoms with Gasteiger partial charge < -0.3 is 0 Å². The molecule has 62 valence electrons. The van der Waals surface area contributed by atoms with Crippen molar-refractivity contribution in [2.75, 3.05) is 0 Å². The molecule has 0 amide bonds. The predicted octanol–water partition coefficient (Wildman–Crippen LogP) is 2.57. The zero-order chi connectivity index (χ0) is 8.55. The molecule has 0 spiro atoms. The van der Waals surface area contributed by atoms with Crippen LogP contribution >= 0.6 is 45.3 Å². The molecule has 0 saturated carbocycles. The zero-order valence-corrected chi connectivity index (χ0v) is 9.90. The van der Waals surface area contributed by atoms with Crippen molar-refractivity contribution in [1.82, 2.24) is 15.2 Å². The standard InChI is InChI=1S/C6H4IN3S2/c1-3-8-2-4(11-3)5-9-10-6(7)12-5/h2H,1H3. The highest BCUT2D eigenvalue weighted by molar-refractivity contribution is 14.1. The summed E-state index contributed by atoms with van der Waals surface area (Å²) in [6.07, 6.45) is 1.84. The van der Waals surface area contributed by atoms with Crippen molar-refractivity contribution in [2.24, 2.45) is 0 Å². The lowest BCUT2D eigenvalue weighted by atomic mass is 10.6. The van der Waals surface area contributed by atoms with Crippen molar-refractivity contribution >= 4 is 45.3 Å². The molecule has 0 saturated heterocycles. The summed E-state index contributed by atoms with van der Waals surface area (Å²) in [6.45, 7) is 1.99. The third kappa shape index (κ3) is 1.64. The molecule has 0 aliphatic carbocycles. The second-order valence-corrected chi connectivity index (χ2v) is 6.07. The maximum Gasteiger partial charge on any atom is 0.178 e. The molecule has 0 radical (unpaired) electrons. The van der Waals surface area contributed by atoms with Crippen molar-refractivity contribution in [3.8, 4) is 9.88 Å². The van der Waals surface area contributed by atoms with Gasteiger partial charge in [-0.05, 0) is 29.5 Å². The average molecular weight is 309 g/mol. The fraction of sp³-hybridized carbons (Fsp3) is 0.167. The minimum atomic E-state index is 0.963. The fourth-order valence-corrected chi connectivity index (χ4v) is 2.88. The summed E-state index contributed by atoms with van der Waals surface area (Å²) in [5.41, 5.74) is 0. The molecule has 0 unspecified atom stereocenters. The monoisotopic (exact) mass is 309 g/mol. The normalized spacial score (nSPS) is 10.5. The van der Waals surface area contributed by atoms with E-state index < -0.39 is 0 Å². The van der Waals surface area contributed by atoms with E-state index in [9.17, 15) is 0 Å². The van der Waals surface area contributed by atoms with Gasteiger partial charge in [0.25, 0.3) is 0 Å². The highest BCUT2D eigenvalue weighted by Crippen LogP contribution is 2.28. The Labute approximate surface area is 91.0 Å². The Bertz CT molecular complexity index is 357. The van der Waals surface area contributed by atoms with E-state index in [0.29, 0.717) is 0 Å². The number of halogens is 1. The molecule has 6 heteroatoms. The molecule has 0 bridgehead atoms. The van der Waals surface area contributed by atoms with Gasteiger partial charge in [-0.15, -0.1) is 21.5 Å². The summed E-state index contributed by atoms with van der Waals surface area (Å²) >= 11 is 5.40. The van der Waals surface area contributed by atoms with Crippen LogP contribution in [0.5, 0.6) is 0 Å². The van der Waals surface area contributed by atoms with Crippen LogP contribution < -0.4 is 0 Å². The maximum absolute atomic E-state index is 4.16. The molecule has 0 fully saturated rings. The maximum atomic E-state index is 4.16. The molecule has 2 heterocycles. The van der Waals surface area contributed by atoms with Crippen LogP contribution in [0.15, 0.2) is 6.20 Å². The first kappa shape index (κ1) is 8.52. The molecule has 12 heavy (non-hydrogen) atoms. The Balaban J connectivity index is 2.43. The number of aromatic nitrogens is 3. The summed E-state index contributed by atoms with van der Waals surface area (Å²) in [5, 5.41) is 10.00. The number of hydrogen-bond donors (Lipinski definition) is 0. The quantitative estimate of drug-likeness (QED) is 0.760. The molecular formula is C6H4IN3S2. The van der Waals surface area contributed by atoms with Gasteiger partial charge in [-0.3, -0.25) is 0 Å². The van der Waals surface area contributed by atoms with E-state index in [4.69, 9.17) is 0 Å². The van der Waals surface area contributed by atoms with Crippen LogP contribution in [-0.4, -0.2) is 15.2 Å². The summed E-state index contributed by atoms with van der Waals surface area (Å²) in [4.78, 5) is 5.26. The lowest BCUT2D eigenvalue weighted by molar-refractivity contribution is 1.07. The molecule has 0 aliphatic rings. The first-order valence-corrected chi connectivity index (χ1v) is 5.88. The van der Waals surface area contributed by atoms with Crippen molar-refractivity contribution in [1.29, 1.82) is 0 Å². The van der Waals surface area contributed by atoms with Crippen molar-refractivity contribution in [3.05, 3.63) is 14.2 Å². The Kier molecular flexibility index (Phi) is 2.37. The Morgan fingerprint density at radius 3 is 2.67 bits per heavy atom. The molecule has 0 N–H and O–H groups in total. The zero-order valence-electron chi connectivity index (χ0n) is 6.11. The molecule has 0 atom stereocenters. The van der Waals surface area contributed by atoms with Gasteiger partial charge in [-0.1, -0.05) is 11.3 Å². The lowest BCUT2D eigenvalue weighted by Crippen LogP contribution is -1.70. The Hall–Kier alpha value is -0.0800. The third-order valence-electron chi connectivity index (χ3n) is 1.23. The number of aryl methyl sites for hydroxylation is 1. The first-order valence-electron chi connectivity index (χ1n) is 3.17. The van der Waals surface area contributed by atoms with Gasteiger partial charge >= 0.3 is 0 Å². The first-order chi connectivity index (χ1) is 5.75. The van der Waals surface area contributed by atoms with E-state index in [1.54, 1.807) is 22.7 Å². The summed E-state index contributed by atoms with van der Waals surface area (Å²) < 4.78 is 0.966. The SMILES string of the molecule is Cc1ncc(-c2nnc(I)s2)s1. The highest BCUT2D eigenvalue weighted by atomic mass is 127. The van der Waals surface area contributed by atoms with Crippen LogP contribution in [0.3, 0.4) is 0 Å². The van der Waals surface area contributed by atoms with Gasteiger partial charge in [0.05, 0.1) is 9.88 Å². The number of nitrogens with zero attached hydrogens (tertiary/aromatic N) is 3. The molecule has 0 aliphatic heterocycles. The van der Waals surface area contributed by atoms with Crippen LogP contribution in [0.1, 0.15) is 5.01 Å². The number of thiazole rings is 1. The van der Waals surface area contributed by atoms with Gasteiger partial charge in [0.1, 0.15) is 0 Å². The summed E-state index contributed by atoms with van der Waals surface area (Å²) in [6, 6.07) is 0. The number of rotatable bonds is 1. The Morgan fingerprint density at radius 2 is 2.17 bits per heavy atom. The van der Waals surface area contributed by atoms with E-state index in [1.165, 1.54) is 0 Å². The second kappa shape index (κ2) is 3.35. The third-order valence-corrected chi connectivity index (χ3v) is 3.90.